The monoisotopic (exact) mass is 308 g/mol. The standard InChI is InChI=1S/C16H24N2O2S/c1-4-16(3)12-6-5-7-15(16)17-18-21(19,20)14-10-8-13(2)9-11-14/h8-11,18H,4-7,12H2,1-3H3/b17-15+. The second-order valence-electron chi connectivity index (χ2n) is 6.09. The number of hydrogen-bond acceptors (Lipinski definition) is 3. The van der Waals surface area contributed by atoms with Crippen LogP contribution in [0.25, 0.3) is 0 Å². The summed E-state index contributed by atoms with van der Waals surface area (Å²) >= 11 is 0. The summed E-state index contributed by atoms with van der Waals surface area (Å²) in [7, 11) is -3.57. The molecule has 0 saturated heterocycles. The highest BCUT2D eigenvalue weighted by molar-refractivity contribution is 7.89. The van der Waals surface area contributed by atoms with E-state index in [1.807, 2.05) is 6.92 Å². The summed E-state index contributed by atoms with van der Waals surface area (Å²) < 4.78 is 24.5. The van der Waals surface area contributed by atoms with Crippen LogP contribution in [0, 0.1) is 12.3 Å². The van der Waals surface area contributed by atoms with Crippen molar-refractivity contribution in [1.82, 2.24) is 4.83 Å². The van der Waals surface area contributed by atoms with Gasteiger partial charge in [0.15, 0.2) is 0 Å². The summed E-state index contributed by atoms with van der Waals surface area (Å²) in [6.45, 7) is 6.24. The fraction of sp³-hybridized carbons (Fsp3) is 0.562. The molecule has 1 aliphatic carbocycles. The van der Waals surface area contributed by atoms with Crippen LogP contribution in [0.5, 0.6) is 0 Å². The second-order valence-corrected chi connectivity index (χ2v) is 7.75. The molecule has 1 aromatic rings. The Hall–Kier alpha value is -1.36. The molecule has 1 unspecified atom stereocenters. The zero-order valence-corrected chi connectivity index (χ0v) is 13.8. The van der Waals surface area contributed by atoms with Crippen molar-refractivity contribution in [3.8, 4) is 0 Å². The van der Waals surface area contributed by atoms with E-state index >= 15 is 0 Å². The Balaban J connectivity index is 2.20. The molecular formula is C16H24N2O2S. The summed E-state index contributed by atoms with van der Waals surface area (Å²) in [6, 6.07) is 6.80. The van der Waals surface area contributed by atoms with Crippen LogP contribution >= 0.6 is 0 Å². The molecule has 4 nitrogen and oxygen atoms in total. The van der Waals surface area contributed by atoms with Crippen molar-refractivity contribution < 1.29 is 8.42 Å². The zero-order valence-electron chi connectivity index (χ0n) is 13.0. The highest BCUT2D eigenvalue weighted by atomic mass is 32.2. The zero-order chi connectivity index (χ0) is 15.5. The van der Waals surface area contributed by atoms with Crippen LogP contribution < -0.4 is 4.83 Å². The summed E-state index contributed by atoms with van der Waals surface area (Å²) in [5.74, 6) is 0. The van der Waals surface area contributed by atoms with Gasteiger partial charge in [-0.2, -0.15) is 13.5 Å². The maximum Gasteiger partial charge on any atom is 0.276 e. The number of hydrazone groups is 1. The maximum atomic E-state index is 12.3. The first-order chi connectivity index (χ1) is 9.87. The Kier molecular flexibility index (Phi) is 4.71. The van der Waals surface area contributed by atoms with Gasteiger partial charge in [0.05, 0.1) is 4.90 Å². The van der Waals surface area contributed by atoms with Crippen molar-refractivity contribution in [3.63, 3.8) is 0 Å². The van der Waals surface area contributed by atoms with Gasteiger partial charge >= 0.3 is 0 Å². The van der Waals surface area contributed by atoms with Gasteiger partial charge in [-0.15, -0.1) is 0 Å². The fourth-order valence-corrected chi connectivity index (χ4v) is 3.54. The van der Waals surface area contributed by atoms with E-state index in [2.05, 4.69) is 23.8 Å². The quantitative estimate of drug-likeness (QED) is 0.864. The molecule has 2 rings (SSSR count). The summed E-state index contributed by atoms with van der Waals surface area (Å²) in [6.07, 6.45) is 5.21. The molecule has 116 valence electrons. The van der Waals surface area contributed by atoms with E-state index in [0.717, 1.165) is 37.0 Å². The second kappa shape index (κ2) is 6.18. The average Bonchev–Trinajstić information content (AvgIpc) is 2.47. The van der Waals surface area contributed by atoms with Crippen LogP contribution in [0.4, 0.5) is 0 Å². The number of hydrogen-bond donors (Lipinski definition) is 1. The highest BCUT2D eigenvalue weighted by Gasteiger charge is 2.31. The molecule has 1 fully saturated rings. The SMILES string of the molecule is CCC1(C)CCCC/C1=N\NS(=O)(=O)c1ccc(C)cc1. The Morgan fingerprint density at radius 1 is 1.24 bits per heavy atom. The van der Waals surface area contributed by atoms with E-state index < -0.39 is 10.0 Å². The molecule has 0 aliphatic heterocycles. The number of benzene rings is 1. The molecule has 0 aromatic heterocycles. The van der Waals surface area contributed by atoms with E-state index in [4.69, 9.17) is 0 Å². The molecule has 0 radical (unpaired) electrons. The van der Waals surface area contributed by atoms with Gasteiger partial charge in [0.25, 0.3) is 10.0 Å². The molecule has 1 aliphatic rings. The first-order valence-corrected chi connectivity index (χ1v) is 9.01. The van der Waals surface area contributed by atoms with Crippen LogP contribution in [0.1, 0.15) is 51.5 Å². The van der Waals surface area contributed by atoms with Crippen molar-refractivity contribution >= 4 is 15.7 Å². The van der Waals surface area contributed by atoms with E-state index in [1.54, 1.807) is 24.3 Å². The van der Waals surface area contributed by atoms with Gasteiger partial charge in [-0.1, -0.05) is 38.0 Å². The third kappa shape index (κ3) is 3.64. The molecule has 21 heavy (non-hydrogen) atoms. The molecule has 0 spiro atoms. The predicted molar refractivity (Wildman–Crippen MR) is 85.8 cm³/mol. The van der Waals surface area contributed by atoms with Crippen LogP contribution in [0.2, 0.25) is 0 Å². The molecular weight excluding hydrogens is 284 g/mol. The van der Waals surface area contributed by atoms with Gasteiger partial charge in [-0.05, 0) is 44.7 Å². The third-order valence-electron chi connectivity index (χ3n) is 4.50. The number of sulfonamides is 1. The van der Waals surface area contributed by atoms with Crippen LogP contribution in [0.3, 0.4) is 0 Å². The fourth-order valence-electron chi connectivity index (χ4n) is 2.71. The Morgan fingerprint density at radius 3 is 2.52 bits per heavy atom. The predicted octanol–water partition coefficient (Wildman–Crippen LogP) is 3.62. The molecule has 0 bridgehead atoms. The normalized spacial score (nSPS) is 25.0. The smallest absolute Gasteiger partial charge is 0.200 e. The average molecular weight is 308 g/mol. The molecule has 5 heteroatoms. The van der Waals surface area contributed by atoms with Gasteiger partial charge in [-0.25, -0.2) is 4.83 Å². The lowest BCUT2D eigenvalue weighted by Gasteiger charge is -2.34. The first-order valence-electron chi connectivity index (χ1n) is 7.53. The van der Waals surface area contributed by atoms with Crippen LogP contribution in [0.15, 0.2) is 34.3 Å². The maximum absolute atomic E-state index is 12.3. The highest BCUT2D eigenvalue weighted by Crippen LogP contribution is 2.36. The van der Waals surface area contributed by atoms with Gasteiger partial charge in [-0.3, -0.25) is 0 Å². The van der Waals surface area contributed by atoms with Crippen molar-refractivity contribution in [2.75, 3.05) is 0 Å². The van der Waals surface area contributed by atoms with E-state index in [9.17, 15) is 8.42 Å². The van der Waals surface area contributed by atoms with Crippen molar-refractivity contribution in [3.05, 3.63) is 29.8 Å². The molecule has 1 N–H and O–H groups in total. The van der Waals surface area contributed by atoms with Crippen LogP contribution in [-0.4, -0.2) is 14.1 Å². The minimum atomic E-state index is -3.57. The van der Waals surface area contributed by atoms with Crippen molar-refractivity contribution in [2.45, 2.75) is 57.8 Å². The molecule has 0 amide bonds. The molecule has 0 heterocycles. The summed E-state index contributed by atoms with van der Waals surface area (Å²) in [5.41, 5.74) is 2.03. The lowest BCUT2D eigenvalue weighted by atomic mass is 9.72. The number of nitrogens with one attached hydrogen (secondary N) is 1. The molecule has 1 saturated carbocycles. The van der Waals surface area contributed by atoms with E-state index in [1.165, 1.54) is 6.42 Å². The van der Waals surface area contributed by atoms with Crippen molar-refractivity contribution in [1.29, 1.82) is 0 Å². The minimum Gasteiger partial charge on any atom is -0.200 e. The Morgan fingerprint density at radius 2 is 1.90 bits per heavy atom. The largest absolute Gasteiger partial charge is 0.276 e. The summed E-state index contributed by atoms with van der Waals surface area (Å²) in [5, 5.41) is 4.26. The Bertz CT molecular complexity index is 620. The topological polar surface area (TPSA) is 58.5 Å². The van der Waals surface area contributed by atoms with Gasteiger partial charge in [0.1, 0.15) is 0 Å². The minimum absolute atomic E-state index is 0.0219. The number of aryl methyl sites for hydroxylation is 1. The molecule has 1 aromatic carbocycles. The first kappa shape index (κ1) is 16.0. The van der Waals surface area contributed by atoms with E-state index in [-0.39, 0.29) is 10.3 Å². The number of rotatable bonds is 4. The van der Waals surface area contributed by atoms with Gasteiger partial charge in [0.2, 0.25) is 0 Å². The van der Waals surface area contributed by atoms with Gasteiger partial charge in [0, 0.05) is 11.1 Å². The van der Waals surface area contributed by atoms with Crippen LogP contribution in [-0.2, 0) is 10.0 Å². The summed E-state index contributed by atoms with van der Waals surface area (Å²) in [4.78, 5) is 2.67. The van der Waals surface area contributed by atoms with E-state index in [0.29, 0.717) is 0 Å². The third-order valence-corrected chi connectivity index (χ3v) is 5.73. The lowest BCUT2D eigenvalue weighted by Crippen LogP contribution is -2.33. The number of nitrogens with zero attached hydrogens (tertiary/aromatic N) is 1. The van der Waals surface area contributed by atoms with Gasteiger partial charge < -0.3 is 0 Å². The lowest BCUT2D eigenvalue weighted by molar-refractivity contribution is 0.360. The van der Waals surface area contributed by atoms with Crippen molar-refractivity contribution in [2.24, 2.45) is 10.5 Å². The molecule has 1 atom stereocenters. The Labute approximate surface area is 127 Å².